The van der Waals surface area contributed by atoms with Crippen LogP contribution in [0.25, 0.3) is 11.1 Å². The number of anilines is 1. The normalized spacial score (nSPS) is 16.4. The molecule has 0 amide bonds. The predicted molar refractivity (Wildman–Crippen MR) is 91.7 cm³/mol. The summed E-state index contributed by atoms with van der Waals surface area (Å²) in [6, 6.07) is 16.3. The van der Waals surface area contributed by atoms with Crippen molar-refractivity contribution < 1.29 is 14.6 Å². The molecule has 2 aromatic rings. The zero-order valence-electron chi connectivity index (χ0n) is 12.7. The van der Waals surface area contributed by atoms with Crippen molar-refractivity contribution in [3.63, 3.8) is 0 Å². The summed E-state index contributed by atoms with van der Waals surface area (Å²) >= 11 is 5.58. The fourth-order valence-corrected chi connectivity index (χ4v) is 2.56. The highest BCUT2D eigenvalue weighted by Gasteiger charge is 2.17. The third kappa shape index (κ3) is 4.24. The Balaban J connectivity index is 1.64. The zero-order valence-corrected chi connectivity index (χ0v) is 13.5. The van der Waals surface area contributed by atoms with E-state index in [0.717, 1.165) is 22.4 Å². The molecule has 2 N–H and O–H groups in total. The molecule has 1 fully saturated rings. The number of halogens is 1. The molecule has 5 heteroatoms. The number of aliphatic hydroxyl groups excluding tert-OH is 1. The van der Waals surface area contributed by atoms with E-state index < -0.39 is 6.10 Å². The lowest BCUT2D eigenvalue weighted by molar-refractivity contribution is -0.0441. The largest absolute Gasteiger partial charge is 0.390 e. The minimum atomic E-state index is -0.538. The topological polar surface area (TPSA) is 50.7 Å². The van der Waals surface area contributed by atoms with Crippen LogP contribution in [0.5, 0.6) is 0 Å². The molecule has 1 aliphatic heterocycles. The average molecular weight is 334 g/mol. The van der Waals surface area contributed by atoms with Crippen molar-refractivity contribution in [3.8, 4) is 11.1 Å². The first kappa shape index (κ1) is 16.3. The monoisotopic (exact) mass is 333 g/mol. The highest BCUT2D eigenvalue weighted by molar-refractivity contribution is 6.18. The lowest BCUT2D eigenvalue weighted by atomic mass is 10.0. The molecule has 3 rings (SSSR count). The van der Waals surface area contributed by atoms with E-state index in [0.29, 0.717) is 19.8 Å². The Labute approximate surface area is 141 Å². The number of ether oxygens (including phenoxy) is 2. The standard InChI is InChI=1S/C18H20ClNO3/c19-11-17(21)12-20-16-7-5-14(6-8-16)13-1-3-15(4-2-13)18-22-9-10-23-18/h1-8,17-18,20-21H,9-12H2. The first-order valence-electron chi connectivity index (χ1n) is 7.68. The molecule has 2 aromatic carbocycles. The third-order valence-corrected chi connectivity index (χ3v) is 4.10. The minimum Gasteiger partial charge on any atom is -0.390 e. The molecule has 0 aliphatic carbocycles. The van der Waals surface area contributed by atoms with Crippen LogP contribution in [0.15, 0.2) is 48.5 Å². The summed E-state index contributed by atoms with van der Waals surface area (Å²) in [6.45, 7) is 1.75. The fourth-order valence-electron chi connectivity index (χ4n) is 2.45. The molecular weight excluding hydrogens is 314 g/mol. The second-order valence-electron chi connectivity index (χ2n) is 5.46. The average Bonchev–Trinajstić information content (AvgIpc) is 3.15. The van der Waals surface area contributed by atoms with Crippen molar-refractivity contribution in [2.75, 3.05) is 31.0 Å². The van der Waals surface area contributed by atoms with Crippen LogP contribution in [0.3, 0.4) is 0 Å². The smallest absolute Gasteiger partial charge is 0.184 e. The van der Waals surface area contributed by atoms with E-state index in [1.165, 1.54) is 0 Å². The van der Waals surface area contributed by atoms with Crippen LogP contribution in [0.2, 0.25) is 0 Å². The number of aliphatic hydroxyl groups is 1. The molecule has 0 bridgehead atoms. The molecule has 1 unspecified atom stereocenters. The highest BCUT2D eigenvalue weighted by atomic mass is 35.5. The van der Waals surface area contributed by atoms with Crippen molar-refractivity contribution in [3.05, 3.63) is 54.1 Å². The fraction of sp³-hybridized carbons (Fsp3) is 0.333. The lowest BCUT2D eigenvalue weighted by Crippen LogP contribution is -2.20. The van der Waals surface area contributed by atoms with Crippen LogP contribution >= 0.6 is 11.6 Å². The van der Waals surface area contributed by atoms with Crippen molar-refractivity contribution >= 4 is 17.3 Å². The van der Waals surface area contributed by atoms with Gasteiger partial charge in [-0.05, 0) is 23.3 Å². The lowest BCUT2D eigenvalue weighted by Gasteiger charge is -2.12. The SMILES string of the molecule is OC(CCl)CNc1ccc(-c2ccc(C3OCCO3)cc2)cc1. The first-order chi connectivity index (χ1) is 11.3. The molecular formula is C18H20ClNO3. The van der Waals surface area contributed by atoms with Gasteiger partial charge in [0.15, 0.2) is 6.29 Å². The zero-order chi connectivity index (χ0) is 16.1. The predicted octanol–water partition coefficient (Wildman–Crippen LogP) is 3.41. The summed E-state index contributed by atoms with van der Waals surface area (Å²) in [5.41, 5.74) is 4.27. The van der Waals surface area contributed by atoms with E-state index in [-0.39, 0.29) is 12.2 Å². The van der Waals surface area contributed by atoms with Crippen LogP contribution in [0.1, 0.15) is 11.9 Å². The van der Waals surface area contributed by atoms with Gasteiger partial charge in [-0.2, -0.15) is 0 Å². The Bertz CT molecular complexity index is 609. The maximum Gasteiger partial charge on any atom is 0.184 e. The number of benzene rings is 2. The van der Waals surface area contributed by atoms with Crippen LogP contribution in [-0.2, 0) is 9.47 Å². The quantitative estimate of drug-likeness (QED) is 0.795. The van der Waals surface area contributed by atoms with Gasteiger partial charge in [-0.25, -0.2) is 0 Å². The van der Waals surface area contributed by atoms with Crippen molar-refractivity contribution in [1.82, 2.24) is 0 Å². The summed E-state index contributed by atoms with van der Waals surface area (Å²) in [7, 11) is 0. The van der Waals surface area contributed by atoms with Crippen molar-refractivity contribution in [2.24, 2.45) is 0 Å². The minimum absolute atomic E-state index is 0.228. The Morgan fingerprint density at radius 2 is 1.57 bits per heavy atom. The maximum absolute atomic E-state index is 9.45. The van der Waals surface area contributed by atoms with Gasteiger partial charge < -0.3 is 19.9 Å². The Kier molecular flexibility index (Phi) is 5.51. The highest BCUT2D eigenvalue weighted by Crippen LogP contribution is 2.27. The number of rotatable bonds is 6. The van der Waals surface area contributed by atoms with Gasteiger partial charge >= 0.3 is 0 Å². The molecule has 23 heavy (non-hydrogen) atoms. The Morgan fingerprint density at radius 3 is 2.13 bits per heavy atom. The van der Waals surface area contributed by atoms with Gasteiger partial charge in [0.25, 0.3) is 0 Å². The van der Waals surface area contributed by atoms with E-state index >= 15 is 0 Å². The summed E-state index contributed by atoms with van der Waals surface area (Å²) in [5, 5.41) is 12.6. The molecule has 1 atom stereocenters. The third-order valence-electron chi connectivity index (χ3n) is 3.74. The summed E-state index contributed by atoms with van der Waals surface area (Å²) < 4.78 is 11.0. The van der Waals surface area contributed by atoms with E-state index in [2.05, 4.69) is 17.4 Å². The van der Waals surface area contributed by atoms with Gasteiger partial charge in [-0.3, -0.25) is 0 Å². The van der Waals surface area contributed by atoms with Gasteiger partial charge in [0.05, 0.1) is 25.2 Å². The van der Waals surface area contributed by atoms with Crippen molar-refractivity contribution in [1.29, 1.82) is 0 Å². The van der Waals surface area contributed by atoms with Gasteiger partial charge in [0.1, 0.15) is 0 Å². The summed E-state index contributed by atoms with van der Waals surface area (Å²) in [4.78, 5) is 0. The molecule has 4 nitrogen and oxygen atoms in total. The molecule has 1 saturated heterocycles. The van der Waals surface area contributed by atoms with Crippen molar-refractivity contribution in [2.45, 2.75) is 12.4 Å². The second-order valence-corrected chi connectivity index (χ2v) is 5.77. The van der Waals surface area contributed by atoms with Gasteiger partial charge in [-0.15, -0.1) is 11.6 Å². The number of nitrogens with one attached hydrogen (secondary N) is 1. The molecule has 122 valence electrons. The molecule has 0 radical (unpaired) electrons. The van der Waals surface area contributed by atoms with Gasteiger partial charge in [0, 0.05) is 17.8 Å². The van der Waals surface area contributed by atoms with Crippen LogP contribution in [-0.4, -0.2) is 36.8 Å². The molecule has 0 aromatic heterocycles. The molecule has 0 spiro atoms. The number of hydrogen-bond donors (Lipinski definition) is 2. The molecule has 1 heterocycles. The van der Waals surface area contributed by atoms with E-state index in [1.807, 2.05) is 36.4 Å². The number of alkyl halides is 1. The van der Waals surface area contributed by atoms with E-state index in [4.69, 9.17) is 21.1 Å². The van der Waals surface area contributed by atoms with Gasteiger partial charge in [-0.1, -0.05) is 36.4 Å². The van der Waals surface area contributed by atoms with Crippen LogP contribution < -0.4 is 5.32 Å². The number of hydrogen-bond acceptors (Lipinski definition) is 4. The molecule has 1 aliphatic rings. The first-order valence-corrected chi connectivity index (χ1v) is 8.21. The summed E-state index contributed by atoms with van der Waals surface area (Å²) in [5.74, 6) is 0.228. The Morgan fingerprint density at radius 1 is 1.00 bits per heavy atom. The molecule has 0 saturated carbocycles. The van der Waals surface area contributed by atoms with E-state index in [1.54, 1.807) is 0 Å². The van der Waals surface area contributed by atoms with E-state index in [9.17, 15) is 5.11 Å². The maximum atomic E-state index is 9.45. The van der Waals surface area contributed by atoms with Gasteiger partial charge in [0.2, 0.25) is 0 Å². The van der Waals surface area contributed by atoms with Crippen LogP contribution in [0.4, 0.5) is 5.69 Å². The summed E-state index contributed by atoms with van der Waals surface area (Å²) in [6.07, 6.45) is -0.770. The Hall–Kier alpha value is -1.59. The van der Waals surface area contributed by atoms with Crippen LogP contribution in [0, 0.1) is 0 Å². The second kappa shape index (κ2) is 7.79.